The van der Waals surface area contributed by atoms with E-state index in [0.717, 1.165) is 0 Å². The molecule has 0 heterocycles. The Labute approximate surface area is 51.2 Å². The van der Waals surface area contributed by atoms with Gasteiger partial charge in [-0.05, 0) is 12.5 Å². The third kappa shape index (κ3) is 2.36. The molecule has 0 saturated carbocycles. The van der Waals surface area contributed by atoms with Gasteiger partial charge in [-0.3, -0.25) is 0 Å². The van der Waals surface area contributed by atoms with Crippen LogP contribution in [0, 0.1) is 0 Å². The number of nitrogens with zero attached hydrogens (tertiary/aromatic N) is 3. The minimum Gasteiger partial charge on any atom is -0.478 e. The number of carboxylic acid groups (broad SMARTS) is 1. The molecule has 0 bridgehead atoms. The van der Waals surface area contributed by atoms with Crippen molar-refractivity contribution in [3.05, 3.63) is 22.2 Å². The lowest BCUT2D eigenvalue weighted by molar-refractivity contribution is -0.132. The van der Waals surface area contributed by atoms with Crippen molar-refractivity contribution >= 4 is 5.97 Å². The zero-order valence-corrected chi connectivity index (χ0v) is 4.77. The highest BCUT2D eigenvalue weighted by molar-refractivity contribution is 5.85. The molecule has 0 fully saturated rings. The average molecular weight is 127 g/mol. The Morgan fingerprint density at radius 1 is 1.89 bits per heavy atom. The van der Waals surface area contributed by atoms with Crippen molar-refractivity contribution in [3.63, 3.8) is 0 Å². The second kappa shape index (κ2) is 3.51. The summed E-state index contributed by atoms with van der Waals surface area (Å²) >= 11 is 0. The van der Waals surface area contributed by atoms with Gasteiger partial charge in [0.1, 0.15) is 5.70 Å². The third-order valence-corrected chi connectivity index (χ3v) is 0.645. The summed E-state index contributed by atoms with van der Waals surface area (Å²) < 4.78 is 0. The standard InChI is InChI=1S/C4H5N3O2/c1-2-3(4(8)9)6-7-5/h2H,1H3,(H,8,9). The summed E-state index contributed by atoms with van der Waals surface area (Å²) in [5.41, 5.74) is 7.49. The first-order valence-electron chi connectivity index (χ1n) is 2.17. The Balaban J connectivity index is 4.37. The Kier molecular flexibility index (Phi) is 2.94. The molecule has 0 aliphatic rings. The van der Waals surface area contributed by atoms with E-state index in [4.69, 9.17) is 10.6 Å². The van der Waals surface area contributed by atoms with Crippen LogP contribution in [0.2, 0.25) is 0 Å². The molecule has 0 aromatic carbocycles. The molecule has 0 rings (SSSR count). The molecule has 0 aliphatic carbocycles. The van der Waals surface area contributed by atoms with Crippen molar-refractivity contribution < 1.29 is 9.90 Å². The molecule has 0 spiro atoms. The van der Waals surface area contributed by atoms with Gasteiger partial charge in [0.05, 0.1) is 0 Å². The lowest BCUT2D eigenvalue weighted by Crippen LogP contribution is -1.95. The van der Waals surface area contributed by atoms with Gasteiger partial charge in [0.2, 0.25) is 0 Å². The van der Waals surface area contributed by atoms with Crippen LogP contribution in [0.5, 0.6) is 0 Å². The number of aliphatic carboxylic acids is 1. The zero-order chi connectivity index (χ0) is 7.28. The zero-order valence-electron chi connectivity index (χ0n) is 4.77. The number of allylic oxidation sites excluding steroid dienone is 1. The van der Waals surface area contributed by atoms with E-state index >= 15 is 0 Å². The largest absolute Gasteiger partial charge is 0.478 e. The summed E-state index contributed by atoms with van der Waals surface area (Å²) in [5, 5.41) is 11.1. The van der Waals surface area contributed by atoms with Gasteiger partial charge in [0.25, 0.3) is 0 Å². The van der Waals surface area contributed by atoms with Gasteiger partial charge in [-0.25, -0.2) is 4.79 Å². The molecule has 0 atom stereocenters. The molecule has 0 aromatic heterocycles. The number of carbonyl (C=O) groups is 1. The summed E-state index contributed by atoms with van der Waals surface area (Å²) in [7, 11) is 0. The predicted molar refractivity (Wildman–Crippen MR) is 30.5 cm³/mol. The molecule has 0 amide bonds. The Bertz CT molecular complexity index is 186. The van der Waals surface area contributed by atoms with Crippen LogP contribution in [0.4, 0.5) is 0 Å². The number of azide groups is 1. The fourth-order valence-corrected chi connectivity index (χ4v) is 0.272. The van der Waals surface area contributed by atoms with Gasteiger partial charge in [-0.15, -0.1) is 0 Å². The van der Waals surface area contributed by atoms with E-state index < -0.39 is 5.97 Å². The van der Waals surface area contributed by atoms with Crippen LogP contribution < -0.4 is 0 Å². The minimum atomic E-state index is -1.21. The Morgan fingerprint density at radius 2 is 2.44 bits per heavy atom. The molecular formula is C4H5N3O2. The molecule has 0 unspecified atom stereocenters. The number of hydrogen-bond acceptors (Lipinski definition) is 2. The normalized spacial score (nSPS) is 10.1. The highest BCUT2D eigenvalue weighted by Crippen LogP contribution is 1.94. The van der Waals surface area contributed by atoms with Crippen molar-refractivity contribution in [1.29, 1.82) is 0 Å². The summed E-state index contributed by atoms with van der Waals surface area (Å²) in [5.74, 6) is -1.21. The molecule has 48 valence electrons. The maximum Gasteiger partial charge on any atom is 0.337 e. The SMILES string of the molecule is CC=C(N=[N+]=[N-])C(=O)O. The van der Waals surface area contributed by atoms with Crippen LogP contribution in [0.15, 0.2) is 16.9 Å². The average Bonchev–Trinajstić information content (AvgIpc) is 1.82. The highest BCUT2D eigenvalue weighted by atomic mass is 16.4. The minimum absolute atomic E-state index is 0.280. The summed E-state index contributed by atoms with van der Waals surface area (Å²) in [4.78, 5) is 12.3. The molecule has 5 heteroatoms. The van der Waals surface area contributed by atoms with E-state index in [1.54, 1.807) is 0 Å². The first-order valence-corrected chi connectivity index (χ1v) is 2.17. The van der Waals surface area contributed by atoms with Gasteiger partial charge >= 0.3 is 5.97 Å². The van der Waals surface area contributed by atoms with Gasteiger partial charge in [0.15, 0.2) is 0 Å². The number of rotatable bonds is 2. The first kappa shape index (κ1) is 7.52. The van der Waals surface area contributed by atoms with Crippen molar-refractivity contribution in [2.24, 2.45) is 5.11 Å². The third-order valence-electron chi connectivity index (χ3n) is 0.645. The fraction of sp³-hybridized carbons (Fsp3) is 0.250. The van der Waals surface area contributed by atoms with Crippen molar-refractivity contribution in [1.82, 2.24) is 0 Å². The molecule has 0 radical (unpaired) electrons. The van der Waals surface area contributed by atoms with E-state index in [9.17, 15) is 4.79 Å². The van der Waals surface area contributed by atoms with E-state index in [0.29, 0.717) is 0 Å². The van der Waals surface area contributed by atoms with Crippen molar-refractivity contribution in [2.75, 3.05) is 0 Å². The topological polar surface area (TPSA) is 86.1 Å². The molecule has 5 nitrogen and oxygen atoms in total. The van der Waals surface area contributed by atoms with Crippen LogP contribution in [-0.2, 0) is 4.79 Å². The van der Waals surface area contributed by atoms with Crippen molar-refractivity contribution in [3.8, 4) is 0 Å². The maximum absolute atomic E-state index is 9.99. The second-order valence-electron chi connectivity index (χ2n) is 1.17. The molecule has 0 aromatic rings. The van der Waals surface area contributed by atoms with Gasteiger partial charge < -0.3 is 5.11 Å². The predicted octanol–water partition coefficient (Wildman–Crippen LogP) is 1.29. The van der Waals surface area contributed by atoms with E-state index in [-0.39, 0.29) is 5.70 Å². The lowest BCUT2D eigenvalue weighted by Gasteiger charge is -1.85. The lowest BCUT2D eigenvalue weighted by atomic mass is 10.4. The van der Waals surface area contributed by atoms with E-state index in [1.165, 1.54) is 13.0 Å². The summed E-state index contributed by atoms with van der Waals surface area (Å²) in [6.45, 7) is 1.48. The first-order chi connectivity index (χ1) is 4.22. The summed E-state index contributed by atoms with van der Waals surface area (Å²) in [6.07, 6.45) is 1.22. The van der Waals surface area contributed by atoms with Crippen LogP contribution in [0.3, 0.4) is 0 Å². The van der Waals surface area contributed by atoms with E-state index in [2.05, 4.69) is 10.0 Å². The Hall–Kier alpha value is -1.48. The van der Waals surface area contributed by atoms with Crippen LogP contribution >= 0.6 is 0 Å². The van der Waals surface area contributed by atoms with Crippen LogP contribution in [0.25, 0.3) is 10.4 Å². The number of hydrogen-bond donors (Lipinski definition) is 1. The smallest absolute Gasteiger partial charge is 0.337 e. The highest BCUT2D eigenvalue weighted by Gasteiger charge is 1.99. The second-order valence-corrected chi connectivity index (χ2v) is 1.17. The molecular weight excluding hydrogens is 122 g/mol. The van der Waals surface area contributed by atoms with E-state index in [1.807, 2.05) is 0 Å². The van der Waals surface area contributed by atoms with Crippen LogP contribution in [0.1, 0.15) is 6.92 Å². The van der Waals surface area contributed by atoms with Crippen molar-refractivity contribution in [2.45, 2.75) is 6.92 Å². The molecule has 0 saturated heterocycles. The molecule has 1 N–H and O–H groups in total. The monoisotopic (exact) mass is 127 g/mol. The van der Waals surface area contributed by atoms with Gasteiger partial charge in [-0.2, -0.15) is 0 Å². The summed E-state index contributed by atoms with van der Waals surface area (Å²) in [6, 6.07) is 0. The fourth-order valence-electron chi connectivity index (χ4n) is 0.272. The van der Waals surface area contributed by atoms with Gasteiger partial charge in [0, 0.05) is 4.91 Å². The van der Waals surface area contributed by atoms with Crippen LogP contribution in [-0.4, -0.2) is 11.1 Å². The van der Waals surface area contributed by atoms with Gasteiger partial charge in [-0.1, -0.05) is 11.2 Å². The molecule has 9 heavy (non-hydrogen) atoms. The molecule has 0 aliphatic heterocycles. The number of carboxylic acids is 1. The quantitative estimate of drug-likeness (QED) is 0.262. The maximum atomic E-state index is 9.99. The Morgan fingerprint density at radius 3 is 2.56 bits per heavy atom.